The van der Waals surface area contributed by atoms with Gasteiger partial charge in [0.15, 0.2) is 4.77 Å². The number of hydrogen-bond donors (Lipinski definition) is 1. The number of thiophene rings is 1. The number of hydrogen-bond acceptors (Lipinski definition) is 3. The number of rotatable bonds is 1. The Balaban J connectivity index is 2.42. The first-order chi connectivity index (χ1) is 9.89. The molecule has 1 aromatic carbocycles. The largest absolute Gasteiger partial charge is 0.418 e. The van der Waals surface area contributed by atoms with Gasteiger partial charge in [0, 0.05) is 0 Å². The van der Waals surface area contributed by atoms with Gasteiger partial charge in [-0.3, -0.25) is 9.36 Å². The first-order valence-electron chi connectivity index (χ1n) is 5.79. The molecule has 3 nitrogen and oxygen atoms in total. The van der Waals surface area contributed by atoms with Gasteiger partial charge in [-0.2, -0.15) is 13.2 Å². The van der Waals surface area contributed by atoms with Gasteiger partial charge in [-0.25, -0.2) is 0 Å². The number of para-hydroxylation sites is 1. The fourth-order valence-electron chi connectivity index (χ4n) is 2.07. The van der Waals surface area contributed by atoms with Crippen molar-refractivity contribution >= 4 is 33.8 Å². The van der Waals surface area contributed by atoms with Crippen LogP contribution >= 0.6 is 23.6 Å². The van der Waals surface area contributed by atoms with Crippen LogP contribution in [0.4, 0.5) is 13.2 Å². The summed E-state index contributed by atoms with van der Waals surface area (Å²) in [6.45, 7) is 0. The molecule has 0 bridgehead atoms. The van der Waals surface area contributed by atoms with Gasteiger partial charge in [-0.05, 0) is 35.8 Å². The van der Waals surface area contributed by atoms with E-state index >= 15 is 0 Å². The van der Waals surface area contributed by atoms with Crippen molar-refractivity contribution in [3.63, 3.8) is 0 Å². The zero-order valence-electron chi connectivity index (χ0n) is 10.3. The highest BCUT2D eigenvalue weighted by Crippen LogP contribution is 2.33. The first-order valence-corrected chi connectivity index (χ1v) is 7.07. The van der Waals surface area contributed by atoms with Gasteiger partial charge in [0.25, 0.3) is 5.56 Å². The quantitative estimate of drug-likeness (QED) is 0.682. The number of H-pyrrole nitrogens is 1. The molecule has 108 valence electrons. The van der Waals surface area contributed by atoms with E-state index in [2.05, 4.69) is 4.98 Å². The molecule has 0 aliphatic carbocycles. The van der Waals surface area contributed by atoms with E-state index in [1.165, 1.54) is 18.2 Å². The predicted molar refractivity (Wildman–Crippen MR) is 77.6 cm³/mol. The van der Waals surface area contributed by atoms with Crippen molar-refractivity contribution in [2.75, 3.05) is 0 Å². The Morgan fingerprint density at radius 1 is 1.19 bits per heavy atom. The van der Waals surface area contributed by atoms with Crippen molar-refractivity contribution in [1.82, 2.24) is 9.55 Å². The van der Waals surface area contributed by atoms with Gasteiger partial charge in [0.05, 0.1) is 16.8 Å². The number of nitrogens with zero attached hydrogens (tertiary/aromatic N) is 1. The summed E-state index contributed by atoms with van der Waals surface area (Å²) < 4.78 is 40.4. The van der Waals surface area contributed by atoms with Crippen LogP contribution in [0.2, 0.25) is 0 Å². The van der Waals surface area contributed by atoms with Crippen molar-refractivity contribution in [3.8, 4) is 5.69 Å². The average Bonchev–Trinajstić information content (AvgIpc) is 2.86. The van der Waals surface area contributed by atoms with E-state index in [1.54, 1.807) is 11.4 Å². The van der Waals surface area contributed by atoms with Crippen LogP contribution < -0.4 is 5.56 Å². The molecule has 0 saturated carbocycles. The third-order valence-corrected chi connectivity index (χ3v) is 4.14. The minimum atomic E-state index is -4.57. The first kappa shape index (κ1) is 14.0. The molecule has 21 heavy (non-hydrogen) atoms. The van der Waals surface area contributed by atoms with E-state index in [0.29, 0.717) is 10.2 Å². The van der Waals surface area contributed by atoms with Crippen molar-refractivity contribution in [1.29, 1.82) is 0 Å². The van der Waals surface area contributed by atoms with Crippen LogP contribution in [-0.2, 0) is 6.18 Å². The molecule has 3 rings (SSSR count). The summed E-state index contributed by atoms with van der Waals surface area (Å²) in [5.74, 6) is 0. The molecule has 3 aromatic rings. The van der Waals surface area contributed by atoms with Crippen molar-refractivity contribution < 1.29 is 13.2 Å². The maximum absolute atomic E-state index is 13.1. The summed E-state index contributed by atoms with van der Waals surface area (Å²) in [5.41, 5.74) is -1.20. The molecule has 1 N–H and O–H groups in total. The summed E-state index contributed by atoms with van der Waals surface area (Å²) in [5, 5.41) is 1.68. The molecule has 0 radical (unpaired) electrons. The van der Waals surface area contributed by atoms with Crippen molar-refractivity contribution in [3.05, 3.63) is 56.4 Å². The van der Waals surface area contributed by atoms with Gasteiger partial charge >= 0.3 is 6.18 Å². The van der Waals surface area contributed by atoms with Crippen LogP contribution in [0.15, 0.2) is 40.5 Å². The Bertz CT molecular complexity index is 937. The third kappa shape index (κ3) is 2.30. The summed E-state index contributed by atoms with van der Waals surface area (Å²) >= 11 is 6.19. The van der Waals surface area contributed by atoms with Crippen LogP contribution in [0.25, 0.3) is 15.9 Å². The summed E-state index contributed by atoms with van der Waals surface area (Å²) in [4.78, 5) is 15.2. The minimum Gasteiger partial charge on any atom is -0.331 e. The van der Waals surface area contributed by atoms with Gasteiger partial charge < -0.3 is 4.98 Å². The molecule has 0 saturated heterocycles. The second kappa shape index (κ2) is 4.81. The second-order valence-corrected chi connectivity index (χ2v) is 5.55. The van der Waals surface area contributed by atoms with Gasteiger partial charge in [-0.15, -0.1) is 11.3 Å². The number of aromatic nitrogens is 2. The molecular formula is C13H7F3N2OS2. The van der Waals surface area contributed by atoms with E-state index in [0.717, 1.165) is 22.0 Å². The van der Waals surface area contributed by atoms with Gasteiger partial charge in [0.1, 0.15) is 4.70 Å². The SMILES string of the molecule is O=c1c2sccc2[nH]c(=S)n1-c1ccccc1C(F)(F)F. The Kier molecular flexibility index (Phi) is 3.22. The highest BCUT2D eigenvalue weighted by Gasteiger charge is 2.34. The number of benzene rings is 1. The lowest BCUT2D eigenvalue weighted by Gasteiger charge is -2.14. The molecule has 0 aliphatic rings. The molecule has 8 heteroatoms. The molecule has 0 atom stereocenters. The smallest absolute Gasteiger partial charge is 0.331 e. The molecule has 0 aliphatic heterocycles. The number of alkyl halides is 3. The molecule has 0 spiro atoms. The number of aromatic amines is 1. The van der Waals surface area contributed by atoms with E-state index in [-0.39, 0.29) is 10.5 Å². The highest BCUT2D eigenvalue weighted by molar-refractivity contribution is 7.71. The van der Waals surface area contributed by atoms with E-state index in [9.17, 15) is 18.0 Å². The molecule has 0 fully saturated rings. The lowest BCUT2D eigenvalue weighted by atomic mass is 10.1. The molecule has 2 aromatic heterocycles. The van der Waals surface area contributed by atoms with Crippen molar-refractivity contribution in [2.45, 2.75) is 6.18 Å². The Morgan fingerprint density at radius 2 is 1.90 bits per heavy atom. The minimum absolute atomic E-state index is 0.0670. The maximum atomic E-state index is 13.1. The topological polar surface area (TPSA) is 37.8 Å². The van der Waals surface area contributed by atoms with Crippen LogP contribution in [0.3, 0.4) is 0 Å². The van der Waals surface area contributed by atoms with Crippen LogP contribution in [-0.4, -0.2) is 9.55 Å². The Labute approximate surface area is 125 Å². The lowest BCUT2D eigenvalue weighted by molar-refractivity contribution is -0.137. The lowest BCUT2D eigenvalue weighted by Crippen LogP contribution is -2.22. The molecule has 0 amide bonds. The van der Waals surface area contributed by atoms with Gasteiger partial charge in [-0.1, -0.05) is 12.1 Å². The summed E-state index contributed by atoms with van der Waals surface area (Å²) in [7, 11) is 0. The van der Waals surface area contributed by atoms with E-state index < -0.39 is 17.3 Å². The predicted octanol–water partition coefficient (Wildman–Crippen LogP) is 4.13. The maximum Gasteiger partial charge on any atom is 0.418 e. The zero-order chi connectivity index (χ0) is 15.2. The number of fused-ring (bicyclic) bond motifs is 1. The highest BCUT2D eigenvalue weighted by atomic mass is 32.1. The molecule has 0 unspecified atom stereocenters. The second-order valence-electron chi connectivity index (χ2n) is 4.25. The van der Waals surface area contributed by atoms with Crippen LogP contribution in [0.5, 0.6) is 0 Å². The molecular weight excluding hydrogens is 321 g/mol. The fraction of sp³-hybridized carbons (Fsp3) is 0.0769. The standard InChI is InChI=1S/C13H7F3N2OS2/c14-13(15,16)7-3-1-2-4-9(7)18-11(19)10-8(5-6-21-10)17-12(18)20/h1-6H,(H,17,20). The van der Waals surface area contributed by atoms with E-state index in [1.807, 2.05) is 0 Å². The zero-order valence-corrected chi connectivity index (χ0v) is 11.9. The Morgan fingerprint density at radius 3 is 2.62 bits per heavy atom. The summed E-state index contributed by atoms with van der Waals surface area (Å²) in [6, 6.07) is 6.53. The fourth-order valence-corrected chi connectivity index (χ4v) is 3.13. The normalized spacial score (nSPS) is 12.0. The average molecular weight is 328 g/mol. The Hall–Kier alpha value is -1.93. The monoisotopic (exact) mass is 328 g/mol. The number of nitrogens with one attached hydrogen (secondary N) is 1. The van der Waals surface area contributed by atoms with Gasteiger partial charge in [0.2, 0.25) is 0 Å². The van der Waals surface area contributed by atoms with Crippen LogP contribution in [0.1, 0.15) is 5.56 Å². The van der Waals surface area contributed by atoms with E-state index in [4.69, 9.17) is 12.2 Å². The number of halogens is 3. The third-order valence-electron chi connectivity index (χ3n) is 2.96. The summed E-state index contributed by atoms with van der Waals surface area (Å²) in [6.07, 6.45) is -4.57. The van der Waals surface area contributed by atoms with Crippen molar-refractivity contribution in [2.24, 2.45) is 0 Å². The molecule has 2 heterocycles. The van der Waals surface area contributed by atoms with Crippen LogP contribution in [0, 0.1) is 4.77 Å².